The minimum absolute atomic E-state index is 0.288. The molecule has 5 heterocycles. The molecule has 0 saturated carbocycles. The molecule has 5 rings (SSSR count). The lowest BCUT2D eigenvalue weighted by molar-refractivity contribution is -0.137. The Balaban J connectivity index is 1.30. The van der Waals surface area contributed by atoms with E-state index in [1.54, 1.807) is 6.20 Å². The van der Waals surface area contributed by atoms with Crippen LogP contribution in [0.1, 0.15) is 12.0 Å². The first-order valence-electron chi connectivity index (χ1n) is 10.3. The van der Waals surface area contributed by atoms with Crippen molar-refractivity contribution in [1.82, 2.24) is 24.7 Å². The number of aromatic nitrogens is 5. The molecule has 2 atom stereocenters. The van der Waals surface area contributed by atoms with Crippen LogP contribution in [0.15, 0.2) is 30.7 Å². The molecule has 3 aromatic heterocycles. The molecule has 0 aromatic carbocycles. The number of fused-ring (bicyclic) bond motifs is 2. The van der Waals surface area contributed by atoms with E-state index in [0.29, 0.717) is 41.8 Å². The number of halogens is 5. The first-order valence-corrected chi connectivity index (χ1v) is 10.3. The highest BCUT2D eigenvalue weighted by Crippen LogP contribution is 2.36. The molecule has 2 aliphatic rings. The van der Waals surface area contributed by atoms with E-state index < -0.39 is 24.7 Å². The van der Waals surface area contributed by atoms with Crippen molar-refractivity contribution < 1.29 is 22.0 Å². The van der Waals surface area contributed by atoms with Gasteiger partial charge < -0.3 is 9.80 Å². The molecule has 32 heavy (non-hydrogen) atoms. The molecule has 0 spiro atoms. The third-order valence-corrected chi connectivity index (χ3v) is 6.17. The van der Waals surface area contributed by atoms with Crippen LogP contribution in [0.4, 0.5) is 33.6 Å². The summed E-state index contributed by atoms with van der Waals surface area (Å²) in [5.74, 6) is 1.84. The van der Waals surface area contributed by atoms with E-state index in [2.05, 4.69) is 25.0 Å². The van der Waals surface area contributed by atoms with Gasteiger partial charge in [0.2, 0.25) is 0 Å². The van der Waals surface area contributed by atoms with Crippen molar-refractivity contribution in [2.75, 3.05) is 36.0 Å². The second-order valence-electron chi connectivity index (χ2n) is 8.22. The van der Waals surface area contributed by atoms with Crippen molar-refractivity contribution >= 4 is 22.8 Å². The van der Waals surface area contributed by atoms with Gasteiger partial charge >= 0.3 is 6.18 Å². The van der Waals surface area contributed by atoms with E-state index in [-0.39, 0.29) is 5.92 Å². The lowest BCUT2D eigenvalue weighted by Crippen LogP contribution is -2.40. The molecular formula is C20H20F5N7. The standard InChI is InChI=1S/C20H20F5N7/c21-16(22)11-32-19-15(6-28-32)26-7-18(29-19)30-4-3-12-8-31(10-13(12)9-30)17-2-1-14(5-27-17)20(23,24)25/h1-2,5-7,12-13,16H,3-4,8-11H2/t12-,13-/m1/s1. The Kier molecular flexibility index (Phi) is 5.09. The average molecular weight is 453 g/mol. The topological polar surface area (TPSA) is 63.0 Å². The molecule has 170 valence electrons. The summed E-state index contributed by atoms with van der Waals surface area (Å²) in [6, 6.07) is 2.48. The number of piperidine rings is 1. The molecule has 2 aliphatic heterocycles. The van der Waals surface area contributed by atoms with Crippen LogP contribution in [-0.2, 0) is 12.7 Å². The Morgan fingerprint density at radius 2 is 1.72 bits per heavy atom. The Morgan fingerprint density at radius 1 is 0.938 bits per heavy atom. The maximum atomic E-state index is 12.8. The Hall–Kier alpha value is -3.05. The fourth-order valence-corrected chi connectivity index (χ4v) is 4.56. The van der Waals surface area contributed by atoms with Crippen LogP contribution in [0.5, 0.6) is 0 Å². The molecule has 0 aliphatic carbocycles. The zero-order chi connectivity index (χ0) is 22.5. The maximum absolute atomic E-state index is 12.8. The quantitative estimate of drug-likeness (QED) is 0.564. The number of nitrogens with zero attached hydrogens (tertiary/aromatic N) is 7. The first kappa shape index (κ1) is 20.8. The molecule has 7 nitrogen and oxygen atoms in total. The van der Waals surface area contributed by atoms with E-state index >= 15 is 0 Å². The summed E-state index contributed by atoms with van der Waals surface area (Å²) in [4.78, 5) is 17.0. The van der Waals surface area contributed by atoms with Gasteiger partial charge in [-0.3, -0.25) is 0 Å². The van der Waals surface area contributed by atoms with E-state index in [1.165, 1.54) is 12.3 Å². The molecule has 0 unspecified atom stereocenters. The number of alkyl halides is 5. The summed E-state index contributed by atoms with van der Waals surface area (Å²) in [5.41, 5.74) is 0.0284. The Bertz CT molecular complexity index is 1100. The lowest BCUT2D eigenvalue weighted by Gasteiger charge is -2.34. The first-order chi connectivity index (χ1) is 15.3. The average Bonchev–Trinajstić information content (AvgIpc) is 3.36. The summed E-state index contributed by atoms with van der Waals surface area (Å²) < 4.78 is 65.1. The van der Waals surface area contributed by atoms with Crippen molar-refractivity contribution in [2.24, 2.45) is 11.8 Å². The third-order valence-electron chi connectivity index (χ3n) is 6.17. The second kappa shape index (κ2) is 7.82. The van der Waals surface area contributed by atoms with Crippen LogP contribution in [0.25, 0.3) is 11.2 Å². The molecule has 0 bridgehead atoms. The van der Waals surface area contributed by atoms with Crippen molar-refractivity contribution in [2.45, 2.75) is 25.6 Å². The van der Waals surface area contributed by atoms with Gasteiger partial charge in [0.15, 0.2) is 5.65 Å². The summed E-state index contributed by atoms with van der Waals surface area (Å²) in [7, 11) is 0. The Morgan fingerprint density at radius 3 is 2.44 bits per heavy atom. The minimum atomic E-state index is -4.40. The van der Waals surface area contributed by atoms with E-state index in [0.717, 1.165) is 36.5 Å². The molecule has 2 saturated heterocycles. The van der Waals surface area contributed by atoms with Crippen LogP contribution in [-0.4, -0.2) is 57.3 Å². The largest absolute Gasteiger partial charge is 0.417 e. The summed E-state index contributed by atoms with van der Waals surface area (Å²) >= 11 is 0. The molecular weight excluding hydrogens is 433 g/mol. The van der Waals surface area contributed by atoms with Crippen LogP contribution in [0.2, 0.25) is 0 Å². The van der Waals surface area contributed by atoms with Gasteiger partial charge in [-0.2, -0.15) is 18.3 Å². The SMILES string of the molecule is FC(F)Cn1ncc2ncc(N3CC[C@@H]4CN(c5ccc(C(F)(F)F)cn5)C[C@H]4C3)nc21. The zero-order valence-corrected chi connectivity index (χ0v) is 16.9. The van der Waals surface area contributed by atoms with Gasteiger partial charge in [0.1, 0.15) is 23.7 Å². The zero-order valence-electron chi connectivity index (χ0n) is 16.9. The number of pyridine rings is 1. The molecule has 0 N–H and O–H groups in total. The maximum Gasteiger partial charge on any atom is 0.417 e. The summed E-state index contributed by atoms with van der Waals surface area (Å²) in [6.07, 6.45) is -2.14. The fourth-order valence-electron chi connectivity index (χ4n) is 4.56. The van der Waals surface area contributed by atoms with E-state index in [9.17, 15) is 22.0 Å². The predicted octanol–water partition coefficient (Wildman–Crippen LogP) is 3.47. The summed E-state index contributed by atoms with van der Waals surface area (Å²) in [6.45, 7) is 2.31. The monoisotopic (exact) mass is 453 g/mol. The number of rotatable bonds is 4. The van der Waals surface area contributed by atoms with E-state index in [1.807, 2.05) is 4.90 Å². The molecule has 2 fully saturated rings. The highest BCUT2D eigenvalue weighted by Gasteiger charge is 2.38. The van der Waals surface area contributed by atoms with Gasteiger partial charge in [0.25, 0.3) is 6.43 Å². The lowest BCUT2D eigenvalue weighted by atomic mass is 9.89. The molecule has 0 amide bonds. The van der Waals surface area contributed by atoms with Gasteiger partial charge in [-0.25, -0.2) is 28.4 Å². The van der Waals surface area contributed by atoms with Crippen LogP contribution < -0.4 is 9.80 Å². The van der Waals surface area contributed by atoms with Gasteiger partial charge in [-0.15, -0.1) is 0 Å². The van der Waals surface area contributed by atoms with Gasteiger partial charge in [-0.1, -0.05) is 0 Å². The molecule has 0 radical (unpaired) electrons. The number of hydrogen-bond acceptors (Lipinski definition) is 6. The smallest absolute Gasteiger partial charge is 0.356 e. The highest BCUT2D eigenvalue weighted by atomic mass is 19.4. The van der Waals surface area contributed by atoms with Crippen LogP contribution in [0.3, 0.4) is 0 Å². The predicted molar refractivity (Wildman–Crippen MR) is 107 cm³/mol. The van der Waals surface area contributed by atoms with Crippen LogP contribution >= 0.6 is 0 Å². The van der Waals surface area contributed by atoms with Crippen LogP contribution in [0, 0.1) is 11.8 Å². The van der Waals surface area contributed by atoms with E-state index in [4.69, 9.17) is 0 Å². The molecule has 12 heteroatoms. The third kappa shape index (κ3) is 3.93. The van der Waals surface area contributed by atoms with Gasteiger partial charge in [0, 0.05) is 32.4 Å². The van der Waals surface area contributed by atoms with Crippen molar-refractivity contribution in [3.8, 4) is 0 Å². The van der Waals surface area contributed by atoms with Crippen molar-refractivity contribution in [3.05, 3.63) is 36.3 Å². The molecule has 3 aromatic rings. The number of hydrogen-bond donors (Lipinski definition) is 0. The minimum Gasteiger partial charge on any atom is -0.356 e. The highest BCUT2D eigenvalue weighted by molar-refractivity contribution is 5.71. The Labute approximate surface area is 179 Å². The van der Waals surface area contributed by atoms with Gasteiger partial charge in [0.05, 0.1) is 18.0 Å². The summed E-state index contributed by atoms with van der Waals surface area (Å²) in [5, 5.41) is 3.95. The number of anilines is 2. The normalized spacial score (nSPS) is 21.6. The fraction of sp³-hybridized carbons (Fsp3) is 0.500. The van der Waals surface area contributed by atoms with Gasteiger partial charge in [-0.05, 0) is 30.4 Å². The second-order valence-corrected chi connectivity index (χ2v) is 8.22. The van der Waals surface area contributed by atoms with Crippen molar-refractivity contribution in [3.63, 3.8) is 0 Å². The van der Waals surface area contributed by atoms with Crippen molar-refractivity contribution in [1.29, 1.82) is 0 Å².